The molecule has 2 aromatic rings. The molecular formula is C18H19NO5S. The highest BCUT2D eigenvalue weighted by Gasteiger charge is 2.27. The normalized spacial score (nSPS) is 15.7. The molecule has 0 amide bonds. The standard InChI is InChI=1S/C18H19NO5S/c1-14-5-7-16(8-6-14)24-18(20)15-3-2-4-17(13-15)25(21,22)19-9-11-23-12-10-19/h2-8,13H,9-12H2,1H3. The van der Waals surface area contributed by atoms with E-state index in [-0.39, 0.29) is 10.5 Å². The van der Waals surface area contributed by atoms with Gasteiger partial charge in [-0.25, -0.2) is 13.2 Å². The summed E-state index contributed by atoms with van der Waals surface area (Å²) in [4.78, 5) is 12.4. The summed E-state index contributed by atoms with van der Waals surface area (Å²) in [6.07, 6.45) is 0. The predicted molar refractivity (Wildman–Crippen MR) is 92.2 cm³/mol. The summed E-state index contributed by atoms with van der Waals surface area (Å²) >= 11 is 0. The number of rotatable bonds is 4. The molecule has 2 aromatic carbocycles. The van der Waals surface area contributed by atoms with Gasteiger partial charge in [0.05, 0.1) is 23.7 Å². The van der Waals surface area contributed by atoms with E-state index in [1.54, 1.807) is 18.2 Å². The van der Waals surface area contributed by atoms with Gasteiger partial charge in [-0.15, -0.1) is 0 Å². The topological polar surface area (TPSA) is 72.9 Å². The molecule has 1 fully saturated rings. The van der Waals surface area contributed by atoms with Crippen LogP contribution >= 0.6 is 0 Å². The highest BCUT2D eigenvalue weighted by molar-refractivity contribution is 7.89. The van der Waals surface area contributed by atoms with E-state index in [1.807, 2.05) is 19.1 Å². The first-order chi connectivity index (χ1) is 12.0. The number of carbonyl (C=O) groups is 1. The molecule has 132 valence electrons. The van der Waals surface area contributed by atoms with Crippen LogP contribution in [0.3, 0.4) is 0 Å². The van der Waals surface area contributed by atoms with Crippen LogP contribution in [0.25, 0.3) is 0 Å². The highest BCUT2D eigenvalue weighted by atomic mass is 32.2. The van der Waals surface area contributed by atoms with Gasteiger partial charge in [0, 0.05) is 13.1 Å². The molecule has 1 aliphatic rings. The second kappa shape index (κ2) is 7.35. The minimum Gasteiger partial charge on any atom is -0.423 e. The molecule has 0 unspecified atom stereocenters. The van der Waals surface area contributed by atoms with Gasteiger partial charge in [-0.3, -0.25) is 0 Å². The first-order valence-electron chi connectivity index (χ1n) is 7.93. The lowest BCUT2D eigenvalue weighted by molar-refractivity contribution is 0.0727. The Kier molecular flexibility index (Phi) is 5.17. The van der Waals surface area contributed by atoms with E-state index in [0.717, 1.165) is 5.56 Å². The highest BCUT2D eigenvalue weighted by Crippen LogP contribution is 2.20. The van der Waals surface area contributed by atoms with E-state index in [0.29, 0.717) is 32.1 Å². The molecule has 25 heavy (non-hydrogen) atoms. The maximum absolute atomic E-state index is 12.7. The van der Waals surface area contributed by atoms with Crippen molar-refractivity contribution in [2.24, 2.45) is 0 Å². The number of aryl methyl sites for hydroxylation is 1. The molecule has 0 spiro atoms. The number of nitrogens with zero attached hydrogens (tertiary/aromatic N) is 1. The molecule has 1 saturated heterocycles. The predicted octanol–water partition coefficient (Wildman–Crippen LogP) is 2.24. The van der Waals surface area contributed by atoms with Gasteiger partial charge >= 0.3 is 5.97 Å². The lowest BCUT2D eigenvalue weighted by Crippen LogP contribution is -2.40. The monoisotopic (exact) mass is 361 g/mol. The number of hydrogen-bond acceptors (Lipinski definition) is 5. The molecule has 0 radical (unpaired) electrons. The third kappa shape index (κ3) is 4.07. The largest absolute Gasteiger partial charge is 0.423 e. The van der Waals surface area contributed by atoms with Crippen molar-refractivity contribution in [1.82, 2.24) is 4.31 Å². The summed E-state index contributed by atoms with van der Waals surface area (Å²) in [6, 6.07) is 13.0. The number of esters is 1. The van der Waals surface area contributed by atoms with E-state index in [1.165, 1.54) is 22.5 Å². The Balaban J connectivity index is 1.80. The molecule has 0 N–H and O–H groups in total. The zero-order valence-corrected chi connectivity index (χ0v) is 14.7. The minimum atomic E-state index is -3.65. The van der Waals surface area contributed by atoms with Gasteiger partial charge in [0.25, 0.3) is 0 Å². The zero-order chi connectivity index (χ0) is 17.9. The third-order valence-electron chi connectivity index (χ3n) is 3.91. The Morgan fingerprint density at radius 2 is 1.76 bits per heavy atom. The number of hydrogen-bond donors (Lipinski definition) is 0. The minimum absolute atomic E-state index is 0.0766. The van der Waals surface area contributed by atoms with Gasteiger partial charge < -0.3 is 9.47 Å². The second-order valence-electron chi connectivity index (χ2n) is 5.75. The van der Waals surface area contributed by atoms with Crippen LogP contribution in [0.5, 0.6) is 5.75 Å². The van der Waals surface area contributed by atoms with Crippen molar-refractivity contribution in [2.45, 2.75) is 11.8 Å². The van der Waals surface area contributed by atoms with Gasteiger partial charge in [-0.05, 0) is 37.3 Å². The smallest absolute Gasteiger partial charge is 0.343 e. The van der Waals surface area contributed by atoms with Crippen LogP contribution < -0.4 is 4.74 Å². The quantitative estimate of drug-likeness (QED) is 0.617. The molecule has 1 heterocycles. The Morgan fingerprint density at radius 3 is 2.44 bits per heavy atom. The number of ether oxygens (including phenoxy) is 2. The SMILES string of the molecule is Cc1ccc(OC(=O)c2cccc(S(=O)(=O)N3CCOCC3)c2)cc1. The van der Waals surface area contributed by atoms with Crippen LogP contribution in [0.4, 0.5) is 0 Å². The first kappa shape index (κ1) is 17.6. The van der Waals surface area contributed by atoms with Gasteiger partial charge in [-0.2, -0.15) is 4.31 Å². The molecule has 6 nitrogen and oxygen atoms in total. The second-order valence-corrected chi connectivity index (χ2v) is 7.68. The molecule has 3 rings (SSSR count). The van der Waals surface area contributed by atoms with E-state index in [9.17, 15) is 13.2 Å². The number of carbonyl (C=O) groups excluding carboxylic acids is 1. The van der Waals surface area contributed by atoms with Crippen molar-refractivity contribution in [1.29, 1.82) is 0 Å². The van der Waals surface area contributed by atoms with Crippen molar-refractivity contribution in [3.05, 3.63) is 59.7 Å². The van der Waals surface area contributed by atoms with Gasteiger partial charge in [0.2, 0.25) is 10.0 Å². The van der Waals surface area contributed by atoms with Crippen molar-refractivity contribution < 1.29 is 22.7 Å². The molecule has 0 aromatic heterocycles. The summed E-state index contributed by atoms with van der Waals surface area (Å²) in [5.74, 6) is -0.181. The first-order valence-corrected chi connectivity index (χ1v) is 9.38. The van der Waals surface area contributed by atoms with Crippen LogP contribution in [-0.2, 0) is 14.8 Å². The Labute approximate surface area is 147 Å². The summed E-state index contributed by atoms with van der Waals surface area (Å²) in [5, 5.41) is 0. The lowest BCUT2D eigenvalue weighted by atomic mass is 10.2. The molecular weight excluding hydrogens is 342 g/mol. The summed E-state index contributed by atoms with van der Waals surface area (Å²) in [7, 11) is -3.65. The fourth-order valence-electron chi connectivity index (χ4n) is 2.49. The van der Waals surface area contributed by atoms with E-state index >= 15 is 0 Å². The third-order valence-corrected chi connectivity index (χ3v) is 5.80. The number of sulfonamides is 1. The number of benzene rings is 2. The average Bonchev–Trinajstić information content (AvgIpc) is 2.64. The molecule has 1 aliphatic heterocycles. The molecule has 0 bridgehead atoms. The van der Waals surface area contributed by atoms with Gasteiger partial charge in [0.1, 0.15) is 5.75 Å². The van der Waals surface area contributed by atoms with Crippen molar-refractivity contribution in [2.75, 3.05) is 26.3 Å². The Bertz CT molecular complexity index is 855. The van der Waals surface area contributed by atoms with Gasteiger partial charge in [-0.1, -0.05) is 23.8 Å². The Morgan fingerprint density at radius 1 is 1.08 bits per heavy atom. The van der Waals surface area contributed by atoms with Crippen molar-refractivity contribution >= 4 is 16.0 Å². The molecule has 7 heteroatoms. The maximum atomic E-state index is 12.7. The fraction of sp³-hybridized carbons (Fsp3) is 0.278. The van der Waals surface area contributed by atoms with Gasteiger partial charge in [0.15, 0.2) is 0 Å². The zero-order valence-electron chi connectivity index (χ0n) is 13.8. The maximum Gasteiger partial charge on any atom is 0.343 e. The fourth-order valence-corrected chi connectivity index (χ4v) is 3.95. The van der Waals surface area contributed by atoms with Crippen LogP contribution in [0.2, 0.25) is 0 Å². The van der Waals surface area contributed by atoms with Crippen molar-refractivity contribution in [3.63, 3.8) is 0 Å². The van der Waals surface area contributed by atoms with Crippen molar-refractivity contribution in [3.8, 4) is 5.75 Å². The van der Waals surface area contributed by atoms with Crippen LogP contribution in [0.15, 0.2) is 53.4 Å². The molecule has 0 aliphatic carbocycles. The van der Waals surface area contributed by atoms with E-state index in [4.69, 9.17) is 9.47 Å². The summed E-state index contributed by atoms with van der Waals surface area (Å²) in [5.41, 5.74) is 1.24. The van der Waals surface area contributed by atoms with Crippen LogP contribution in [-0.4, -0.2) is 45.0 Å². The molecule has 0 saturated carbocycles. The lowest BCUT2D eigenvalue weighted by Gasteiger charge is -2.26. The van der Waals surface area contributed by atoms with Crippen LogP contribution in [0, 0.1) is 6.92 Å². The average molecular weight is 361 g/mol. The van der Waals surface area contributed by atoms with E-state index < -0.39 is 16.0 Å². The summed E-state index contributed by atoms with van der Waals surface area (Å²) in [6.45, 7) is 3.29. The number of morpholine rings is 1. The Hall–Kier alpha value is -2.22. The van der Waals surface area contributed by atoms with Crippen LogP contribution in [0.1, 0.15) is 15.9 Å². The van der Waals surface area contributed by atoms with E-state index in [2.05, 4.69) is 0 Å². The summed E-state index contributed by atoms with van der Waals surface area (Å²) < 4.78 is 37.2. The molecule has 0 atom stereocenters.